The normalized spacial score (nSPS) is 10.2. The van der Waals surface area contributed by atoms with Crippen LogP contribution < -0.4 is 15.4 Å². The molecule has 22 heavy (non-hydrogen) atoms. The Hall–Kier alpha value is -2.27. The molecule has 0 radical (unpaired) electrons. The molecule has 0 aromatic heterocycles. The van der Waals surface area contributed by atoms with Crippen molar-refractivity contribution in [2.24, 2.45) is 0 Å². The van der Waals surface area contributed by atoms with E-state index in [-0.39, 0.29) is 12.5 Å². The van der Waals surface area contributed by atoms with Crippen molar-refractivity contribution in [2.45, 2.75) is 6.92 Å². The van der Waals surface area contributed by atoms with E-state index >= 15 is 0 Å². The molecule has 0 heterocycles. The molecule has 2 aromatic rings. The molecule has 2 N–H and O–H groups in total. The minimum absolute atomic E-state index is 0.00615. The molecule has 0 atom stereocenters. The van der Waals surface area contributed by atoms with Crippen LogP contribution in [-0.4, -0.2) is 19.6 Å². The minimum atomic E-state index is -0.404. The summed E-state index contributed by atoms with van der Waals surface area (Å²) < 4.78 is 18.1. The van der Waals surface area contributed by atoms with Crippen molar-refractivity contribution in [1.29, 1.82) is 0 Å². The van der Waals surface area contributed by atoms with Gasteiger partial charge >= 0.3 is 0 Å². The smallest absolute Gasteiger partial charge is 0.243 e. The van der Waals surface area contributed by atoms with Gasteiger partial charge in [0, 0.05) is 6.07 Å². The average Bonchev–Trinajstić information content (AvgIpc) is 2.48. The number of halogens is 2. The first-order valence-electron chi connectivity index (χ1n) is 6.63. The third-order valence-corrected chi connectivity index (χ3v) is 3.31. The first-order valence-corrected chi connectivity index (χ1v) is 7.01. The molecule has 0 fully saturated rings. The zero-order valence-corrected chi connectivity index (χ0v) is 13.0. The number of methoxy groups -OCH3 is 1. The maximum absolute atomic E-state index is 13.1. The zero-order valence-electron chi connectivity index (χ0n) is 12.2. The van der Waals surface area contributed by atoms with Crippen molar-refractivity contribution in [3.05, 3.63) is 52.8 Å². The first kappa shape index (κ1) is 16.1. The molecule has 0 unspecified atom stereocenters. The van der Waals surface area contributed by atoms with Crippen LogP contribution in [0.3, 0.4) is 0 Å². The number of hydrogen-bond donors (Lipinski definition) is 2. The molecule has 0 aliphatic heterocycles. The van der Waals surface area contributed by atoms with Gasteiger partial charge in [0.15, 0.2) is 0 Å². The van der Waals surface area contributed by atoms with E-state index in [1.54, 1.807) is 12.1 Å². The van der Waals surface area contributed by atoms with Crippen molar-refractivity contribution >= 4 is 28.9 Å². The maximum atomic E-state index is 13.1. The van der Waals surface area contributed by atoms with Gasteiger partial charge in [0.05, 0.1) is 30.1 Å². The van der Waals surface area contributed by atoms with E-state index in [9.17, 15) is 9.18 Å². The summed E-state index contributed by atoms with van der Waals surface area (Å²) in [5, 5.41) is 6.08. The predicted molar refractivity (Wildman–Crippen MR) is 86.3 cm³/mol. The van der Waals surface area contributed by atoms with Crippen LogP contribution in [0.2, 0.25) is 5.02 Å². The van der Waals surface area contributed by atoms with Crippen molar-refractivity contribution in [3.63, 3.8) is 0 Å². The fourth-order valence-corrected chi connectivity index (χ4v) is 2.18. The van der Waals surface area contributed by atoms with Gasteiger partial charge in [0.25, 0.3) is 0 Å². The second kappa shape index (κ2) is 7.13. The molecule has 0 aliphatic rings. The largest absolute Gasteiger partial charge is 0.494 e. The molecule has 0 saturated heterocycles. The van der Waals surface area contributed by atoms with Crippen molar-refractivity contribution < 1.29 is 13.9 Å². The van der Waals surface area contributed by atoms with E-state index in [1.165, 1.54) is 25.3 Å². The standard InChI is InChI=1S/C16H16ClFN2O2/c1-10-3-5-13(12(17)7-10)20-16(21)9-19-14-6-4-11(18)8-15(14)22-2/h3-8,19H,9H2,1-2H3,(H,20,21). The third-order valence-electron chi connectivity index (χ3n) is 3.00. The summed E-state index contributed by atoms with van der Waals surface area (Å²) in [6, 6.07) is 9.43. The molecular formula is C16H16ClFN2O2. The molecule has 0 aliphatic carbocycles. The van der Waals surface area contributed by atoms with E-state index < -0.39 is 5.82 Å². The molecule has 6 heteroatoms. The summed E-state index contributed by atoms with van der Waals surface area (Å²) in [4.78, 5) is 11.9. The van der Waals surface area contributed by atoms with Gasteiger partial charge in [-0.3, -0.25) is 4.79 Å². The Morgan fingerprint density at radius 3 is 2.64 bits per heavy atom. The lowest BCUT2D eigenvalue weighted by Gasteiger charge is -2.12. The number of carbonyl (C=O) groups excluding carboxylic acids is 1. The highest BCUT2D eigenvalue weighted by molar-refractivity contribution is 6.33. The molecule has 0 saturated carbocycles. The molecule has 1 amide bonds. The molecule has 116 valence electrons. The van der Waals surface area contributed by atoms with Gasteiger partial charge < -0.3 is 15.4 Å². The van der Waals surface area contributed by atoms with Crippen molar-refractivity contribution in [2.75, 3.05) is 24.3 Å². The molecule has 4 nitrogen and oxygen atoms in total. The lowest BCUT2D eigenvalue weighted by molar-refractivity contribution is -0.114. The van der Waals surface area contributed by atoms with Crippen LogP contribution in [0.1, 0.15) is 5.56 Å². The van der Waals surface area contributed by atoms with Crippen LogP contribution in [0.4, 0.5) is 15.8 Å². The molecule has 2 aromatic carbocycles. The summed E-state index contributed by atoms with van der Waals surface area (Å²) in [6.45, 7) is 1.92. The van der Waals surface area contributed by atoms with E-state index in [2.05, 4.69) is 10.6 Å². The number of amides is 1. The van der Waals surface area contributed by atoms with Gasteiger partial charge in [0.1, 0.15) is 11.6 Å². The van der Waals surface area contributed by atoms with E-state index in [0.717, 1.165) is 5.56 Å². The predicted octanol–water partition coefficient (Wildman–Crippen LogP) is 3.85. The fourth-order valence-electron chi connectivity index (χ4n) is 1.90. The van der Waals surface area contributed by atoms with E-state index in [1.807, 2.05) is 13.0 Å². The van der Waals surface area contributed by atoms with Crippen molar-refractivity contribution in [1.82, 2.24) is 0 Å². The lowest BCUT2D eigenvalue weighted by atomic mass is 10.2. The van der Waals surface area contributed by atoms with Gasteiger partial charge in [0.2, 0.25) is 5.91 Å². The Morgan fingerprint density at radius 2 is 1.95 bits per heavy atom. The first-order chi connectivity index (χ1) is 10.5. The number of ether oxygens (including phenoxy) is 1. The highest BCUT2D eigenvalue weighted by atomic mass is 35.5. The summed E-state index contributed by atoms with van der Waals surface area (Å²) in [7, 11) is 1.44. The van der Waals surface area contributed by atoms with Gasteiger partial charge in [-0.15, -0.1) is 0 Å². The SMILES string of the molecule is COc1cc(F)ccc1NCC(=O)Nc1ccc(C)cc1Cl. The van der Waals surface area contributed by atoms with E-state index in [0.29, 0.717) is 22.1 Å². The van der Waals surface area contributed by atoms with E-state index in [4.69, 9.17) is 16.3 Å². The van der Waals surface area contributed by atoms with Crippen LogP contribution in [-0.2, 0) is 4.79 Å². The van der Waals surface area contributed by atoms with Gasteiger partial charge in [-0.25, -0.2) is 4.39 Å². The number of benzene rings is 2. The number of carbonyl (C=O) groups is 1. The summed E-state index contributed by atoms with van der Waals surface area (Å²) in [5.74, 6) is -0.336. The highest BCUT2D eigenvalue weighted by Gasteiger charge is 2.08. The van der Waals surface area contributed by atoms with Crippen LogP contribution in [0.25, 0.3) is 0 Å². The Kier molecular flexibility index (Phi) is 5.22. The summed E-state index contributed by atoms with van der Waals surface area (Å²) in [6.07, 6.45) is 0. The lowest BCUT2D eigenvalue weighted by Crippen LogP contribution is -2.22. The number of anilines is 2. The van der Waals surface area contributed by atoms with Crippen molar-refractivity contribution in [3.8, 4) is 5.75 Å². The van der Waals surface area contributed by atoms with Crippen LogP contribution in [0, 0.1) is 12.7 Å². The maximum Gasteiger partial charge on any atom is 0.243 e. The summed E-state index contributed by atoms with van der Waals surface area (Å²) in [5.41, 5.74) is 2.09. The zero-order chi connectivity index (χ0) is 16.1. The van der Waals surface area contributed by atoms with Crippen LogP contribution in [0.15, 0.2) is 36.4 Å². The number of aryl methyl sites for hydroxylation is 1. The average molecular weight is 323 g/mol. The van der Waals surface area contributed by atoms with Gasteiger partial charge in [-0.2, -0.15) is 0 Å². The Bertz CT molecular complexity index is 692. The summed E-state index contributed by atoms with van der Waals surface area (Å²) >= 11 is 6.06. The monoisotopic (exact) mass is 322 g/mol. The minimum Gasteiger partial charge on any atom is -0.494 e. The Labute approximate surface area is 133 Å². The number of rotatable bonds is 5. The van der Waals surface area contributed by atoms with Crippen LogP contribution in [0.5, 0.6) is 5.75 Å². The number of hydrogen-bond acceptors (Lipinski definition) is 3. The second-order valence-electron chi connectivity index (χ2n) is 4.73. The highest BCUT2D eigenvalue weighted by Crippen LogP contribution is 2.25. The molecular weight excluding hydrogens is 307 g/mol. The quantitative estimate of drug-likeness (QED) is 0.879. The molecule has 2 rings (SSSR count). The third kappa shape index (κ3) is 4.11. The fraction of sp³-hybridized carbons (Fsp3) is 0.188. The Balaban J connectivity index is 1.98. The van der Waals surface area contributed by atoms with Crippen LogP contribution >= 0.6 is 11.6 Å². The topological polar surface area (TPSA) is 50.4 Å². The van der Waals surface area contributed by atoms with Gasteiger partial charge in [-0.05, 0) is 36.8 Å². The van der Waals surface area contributed by atoms with Gasteiger partial charge in [-0.1, -0.05) is 17.7 Å². The molecule has 0 spiro atoms. The second-order valence-corrected chi connectivity index (χ2v) is 5.14. The Morgan fingerprint density at radius 1 is 1.23 bits per heavy atom. The number of nitrogens with one attached hydrogen (secondary N) is 2. The molecule has 0 bridgehead atoms.